The zero-order chi connectivity index (χ0) is 48.5. The highest BCUT2D eigenvalue weighted by atomic mass is 15.2. The lowest BCUT2D eigenvalue weighted by Gasteiger charge is -2.30. The Morgan fingerprint density at radius 2 is 0.972 bits per heavy atom. The van der Waals surface area contributed by atoms with Gasteiger partial charge < -0.3 is 4.90 Å². The van der Waals surface area contributed by atoms with Crippen LogP contribution in [0.2, 0.25) is 0 Å². The first-order valence-electron chi connectivity index (χ1n) is 25.1. The molecule has 0 N–H and O–H groups in total. The van der Waals surface area contributed by atoms with E-state index >= 15 is 0 Å². The van der Waals surface area contributed by atoms with Crippen LogP contribution in [0.4, 0.5) is 17.1 Å². The van der Waals surface area contributed by atoms with Gasteiger partial charge in [-0.15, -0.1) is 0 Å². The number of hydrogen-bond acceptors (Lipinski definition) is 2. The molecule has 14 rings (SSSR count). The Morgan fingerprint density at radius 1 is 0.431 bits per heavy atom. The van der Waals surface area contributed by atoms with E-state index in [0.717, 1.165) is 62.2 Å². The summed E-state index contributed by atoms with van der Waals surface area (Å²) in [5.41, 5.74) is 22.6. The number of hydrogen-bond donors (Lipinski definition) is 0. The van der Waals surface area contributed by atoms with Gasteiger partial charge in [-0.1, -0.05) is 137 Å². The first-order chi connectivity index (χ1) is 35.2. The van der Waals surface area contributed by atoms with E-state index in [1.807, 2.05) is 0 Å². The largest absolute Gasteiger partial charge is 0.310 e. The second-order valence-electron chi connectivity index (χ2n) is 20.7. The third-order valence-electron chi connectivity index (χ3n) is 16.0. The zero-order valence-corrected chi connectivity index (χ0v) is 41.1. The number of imidazole rings is 2. The number of benzene rings is 10. The van der Waals surface area contributed by atoms with E-state index in [1.54, 1.807) is 0 Å². The molecule has 0 amide bonds. The van der Waals surface area contributed by atoms with E-state index < -0.39 is 0 Å². The van der Waals surface area contributed by atoms with Gasteiger partial charge in [-0.3, -0.25) is 4.57 Å². The normalized spacial score (nSPS) is 13.8. The molecule has 2 heterocycles. The number of rotatable bonds is 7. The minimum absolute atomic E-state index is 0.101. The number of aromatic nitrogens is 4. The third-order valence-corrected chi connectivity index (χ3v) is 16.0. The molecule has 0 saturated heterocycles. The first kappa shape index (κ1) is 42.1. The molecule has 5 heteroatoms. The van der Waals surface area contributed by atoms with Crippen molar-refractivity contribution in [1.82, 2.24) is 14.1 Å². The summed E-state index contributed by atoms with van der Waals surface area (Å²) in [6.07, 6.45) is 0. The van der Waals surface area contributed by atoms with E-state index in [-0.39, 0.29) is 10.8 Å². The third kappa shape index (κ3) is 6.07. The number of fused-ring (bicyclic) bond motifs is 10. The highest BCUT2D eigenvalue weighted by molar-refractivity contribution is 6.10. The number of aryl methyl sites for hydroxylation is 1. The van der Waals surface area contributed by atoms with Crippen molar-refractivity contribution < 1.29 is 4.57 Å². The molecule has 72 heavy (non-hydrogen) atoms. The molecule has 0 radical (unpaired) electrons. The maximum Gasteiger partial charge on any atom is 0.294 e. The van der Waals surface area contributed by atoms with Crippen LogP contribution in [0.25, 0.3) is 89.2 Å². The summed E-state index contributed by atoms with van der Waals surface area (Å²) in [6.45, 7) is 9.62. The van der Waals surface area contributed by atoms with Crippen LogP contribution in [0.15, 0.2) is 224 Å². The topological polar surface area (TPSA) is 29.9 Å². The van der Waals surface area contributed by atoms with Crippen molar-refractivity contribution in [3.8, 4) is 56.4 Å². The Labute approximate surface area is 420 Å². The molecule has 2 aliphatic carbocycles. The molecule has 0 fully saturated rings. The standard InChI is InChI=1S/C67H52N5/c1-66(2)54-27-15-14-24-49(54)52-40-56-53(41-55(52)66)63-51-26-13-12-25-50(51)62(42-57(63)67(56,3)4)70(47-36-32-43(33-37-47)64-68-58-28-16-17-29-59(58)71(64)45-20-8-6-9-21-45)48-38-34-44(35-39-48)65-69(5)60-30-18-19-31-61(60)72(65)46-22-10-7-11-23-46/h6-42H,1-5H3/q+1. The van der Waals surface area contributed by atoms with Crippen LogP contribution in [0, 0.1) is 0 Å². The molecule has 0 spiro atoms. The van der Waals surface area contributed by atoms with Gasteiger partial charge in [0.1, 0.15) is 11.5 Å². The molecule has 0 atom stereocenters. The van der Waals surface area contributed by atoms with E-state index in [1.165, 1.54) is 66.3 Å². The van der Waals surface area contributed by atoms with Gasteiger partial charge in [-0.2, -0.15) is 4.57 Å². The van der Waals surface area contributed by atoms with Crippen LogP contribution in [0.3, 0.4) is 0 Å². The number of anilines is 3. The highest BCUT2D eigenvalue weighted by Gasteiger charge is 2.43. The Kier molecular flexibility index (Phi) is 9.12. The van der Waals surface area contributed by atoms with Gasteiger partial charge in [0.25, 0.3) is 5.82 Å². The predicted molar refractivity (Wildman–Crippen MR) is 297 cm³/mol. The lowest BCUT2D eigenvalue weighted by molar-refractivity contribution is -0.633. The molecular weight excluding hydrogens is 875 g/mol. The second kappa shape index (κ2) is 15.6. The molecule has 344 valence electrons. The molecule has 5 nitrogen and oxygen atoms in total. The smallest absolute Gasteiger partial charge is 0.294 e. The molecule has 2 aromatic heterocycles. The fourth-order valence-electron chi connectivity index (χ4n) is 12.4. The van der Waals surface area contributed by atoms with E-state index in [9.17, 15) is 0 Å². The summed E-state index contributed by atoms with van der Waals surface area (Å²) in [6, 6.07) is 82.2. The summed E-state index contributed by atoms with van der Waals surface area (Å²) in [5, 5.41) is 2.47. The van der Waals surface area contributed by atoms with E-state index in [2.05, 4.69) is 278 Å². The van der Waals surface area contributed by atoms with Crippen molar-refractivity contribution in [2.75, 3.05) is 4.90 Å². The van der Waals surface area contributed by atoms with Crippen molar-refractivity contribution in [2.45, 2.75) is 38.5 Å². The zero-order valence-electron chi connectivity index (χ0n) is 41.1. The van der Waals surface area contributed by atoms with Gasteiger partial charge in [0, 0.05) is 38.8 Å². The molecule has 12 aromatic rings. The maximum absolute atomic E-state index is 5.25. The quantitative estimate of drug-likeness (QED) is 0.149. The van der Waals surface area contributed by atoms with Crippen molar-refractivity contribution in [3.63, 3.8) is 0 Å². The van der Waals surface area contributed by atoms with Crippen LogP contribution < -0.4 is 9.47 Å². The molecular formula is C67H52N5+. The van der Waals surface area contributed by atoms with Crippen molar-refractivity contribution in [2.24, 2.45) is 7.05 Å². The average Bonchev–Trinajstić information content (AvgIpc) is 4.10. The molecule has 0 bridgehead atoms. The Balaban J connectivity index is 0.968. The molecule has 0 saturated carbocycles. The van der Waals surface area contributed by atoms with Crippen LogP contribution in [0.1, 0.15) is 49.9 Å². The fraction of sp³-hybridized carbons (Fsp3) is 0.104. The van der Waals surface area contributed by atoms with Crippen molar-refractivity contribution in [1.29, 1.82) is 0 Å². The van der Waals surface area contributed by atoms with Gasteiger partial charge in [-0.05, 0) is 165 Å². The number of nitrogens with zero attached hydrogens (tertiary/aromatic N) is 5. The fourth-order valence-corrected chi connectivity index (χ4v) is 12.4. The second-order valence-corrected chi connectivity index (χ2v) is 20.7. The lowest BCUT2D eigenvalue weighted by atomic mass is 9.79. The van der Waals surface area contributed by atoms with Crippen LogP contribution in [0.5, 0.6) is 0 Å². The average molecular weight is 927 g/mol. The predicted octanol–water partition coefficient (Wildman–Crippen LogP) is 16.4. The summed E-state index contributed by atoms with van der Waals surface area (Å²) < 4.78 is 6.98. The summed E-state index contributed by atoms with van der Waals surface area (Å²) in [4.78, 5) is 7.72. The Hall–Kier alpha value is -8.80. The van der Waals surface area contributed by atoms with E-state index in [4.69, 9.17) is 4.98 Å². The minimum Gasteiger partial charge on any atom is -0.310 e. The van der Waals surface area contributed by atoms with Crippen molar-refractivity contribution in [3.05, 3.63) is 247 Å². The highest BCUT2D eigenvalue weighted by Crippen LogP contribution is 2.59. The van der Waals surface area contributed by atoms with Gasteiger partial charge >= 0.3 is 0 Å². The van der Waals surface area contributed by atoms with Gasteiger partial charge in [0.2, 0.25) is 0 Å². The van der Waals surface area contributed by atoms with Crippen LogP contribution in [-0.2, 0) is 17.9 Å². The minimum atomic E-state index is -0.268. The summed E-state index contributed by atoms with van der Waals surface area (Å²) >= 11 is 0. The molecule has 0 aliphatic heterocycles. The maximum atomic E-state index is 5.25. The molecule has 10 aromatic carbocycles. The lowest BCUT2D eigenvalue weighted by Crippen LogP contribution is -2.30. The molecule has 2 aliphatic rings. The van der Waals surface area contributed by atoms with Gasteiger partial charge in [0.15, 0.2) is 11.0 Å². The Bertz CT molecular complexity index is 4140. The molecule has 0 unspecified atom stereocenters. The monoisotopic (exact) mass is 926 g/mol. The van der Waals surface area contributed by atoms with E-state index in [0.29, 0.717) is 0 Å². The SMILES string of the molecule is C[n+]1c(-c2ccc(N(c3ccc(-c4nc5ccccc5n4-c4ccccc4)cc3)c3cc4c(c5ccccc35)-c3cc5c(cc3C4(C)C)-c3ccccc3C5(C)C)cc2)n(-c2ccccc2)c2ccccc21. The first-order valence-corrected chi connectivity index (χ1v) is 25.1. The van der Waals surface area contributed by atoms with Crippen LogP contribution >= 0.6 is 0 Å². The number of para-hydroxylation sites is 6. The summed E-state index contributed by atoms with van der Waals surface area (Å²) in [5.74, 6) is 2.03. The van der Waals surface area contributed by atoms with Gasteiger partial charge in [0.05, 0.1) is 29.3 Å². The van der Waals surface area contributed by atoms with Crippen LogP contribution in [-0.4, -0.2) is 14.1 Å². The Morgan fingerprint density at radius 3 is 1.69 bits per heavy atom. The van der Waals surface area contributed by atoms with Gasteiger partial charge in [-0.25, -0.2) is 9.55 Å². The summed E-state index contributed by atoms with van der Waals surface area (Å²) in [7, 11) is 2.18. The van der Waals surface area contributed by atoms with Crippen molar-refractivity contribution >= 4 is 49.9 Å².